The van der Waals surface area contributed by atoms with E-state index in [-0.39, 0.29) is 0 Å². The molecular formula is C28H32IN3O4S. The molecule has 7 nitrogen and oxygen atoms in total. The third-order valence-electron chi connectivity index (χ3n) is 5.38. The lowest BCUT2D eigenvalue weighted by Crippen LogP contribution is -2.31. The zero-order valence-electron chi connectivity index (χ0n) is 21.3. The molecule has 37 heavy (non-hydrogen) atoms. The molecule has 0 aromatic heterocycles. The van der Waals surface area contributed by atoms with Crippen molar-refractivity contribution in [3.8, 4) is 17.2 Å². The second kappa shape index (κ2) is 15.4. The molecule has 0 spiro atoms. The number of nitrogens with one attached hydrogen (secondary N) is 2. The first kappa shape index (κ1) is 28.7. The topological polar surface area (TPSA) is 73.3 Å². The van der Waals surface area contributed by atoms with Gasteiger partial charge in [-0.15, -0.1) is 0 Å². The van der Waals surface area contributed by atoms with Gasteiger partial charge in [-0.3, -0.25) is 5.43 Å². The fourth-order valence-corrected chi connectivity index (χ4v) is 4.17. The standard InChI is InChI=1S/C28H32IN3O4S/c1-20-9-10-24(15-21(20)2)35-13-11-34-12-14-36-27-25(29)16-23(17-26(27)33-3)19-31-32-28(37)30-18-22-7-5-4-6-8-22/h4-10,15-17,19H,11-14,18H2,1-3H3,(H2,30,32,37)/b31-19-. The molecule has 0 fully saturated rings. The molecule has 9 heteroatoms. The van der Waals surface area contributed by atoms with Gasteiger partial charge in [0.15, 0.2) is 16.6 Å². The molecule has 196 valence electrons. The van der Waals surface area contributed by atoms with Gasteiger partial charge in [-0.05, 0) is 95.2 Å². The van der Waals surface area contributed by atoms with Crippen LogP contribution in [-0.2, 0) is 11.3 Å². The summed E-state index contributed by atoms with van der Waals surface area (Å²) in [5.41, 5.74) is 7.29. The second-order valence-corrected chi connectivity index (χ2v) is 9.70. The Kier molecular flexibility index (Phi) is 11.9. The zero-order valence-corrected chi connectivity index (χ0v) is 24.2. The van der Waals surface area contributed by atoms with Crippen molar-refractivity contribution in [1.82, 2.24) is 10.7 Å². The van der Waals surface area contributed by atoms with E-state index in [1.165, 1.54) is 11.1 Å². The van der Waals surface area contributed by atoms with Crippen molar-refractivity contribution >= 4 is 46.1 Å². The third kappa shape index (κ3) is 9.83. The molecule has 0 saturated heterocycles. The number of thiocarbonyl (C=S) groups is 1. The Morgan fingerprint density at radius 1 is 0.946 bits per heavy atom. The Labute approximate surface area is 237 Å². The first-order valence-electron chi connectivity index (χ1n) is 11.8. The van der Waals surface area contributed by atoms with Crippen molar-refractivity contribution in [2.75, 3.05) is 33.5 Å². The van der Waals surface area contributed by atoms with Gasteiger partial charge in [0.1, 0.15) is 19.0 Å². The van der Waals surface area contributed by atoms with Crippen LogP contribution in [0.25, 0.3) is 0 Å². The summed E-state index contributed by atoms with van der Waals surface area (Å²) in [5.74, 6) is 2.14. The van der Waals surface area contributed by atoms with Gasteiger partial charge >= 0.3 is 0 Å². The molecule has 2 N–H and O–H groups in total. The maximum atomic E-state index is 5.94. The number of methoxy groups -OCH3 is 1. The SMILES string of the molecule is COc1cc(/C=N\NC(=S)NCc2ccccc2)cc(I)c1OCCOCCOc1ccc(C)c(C)c1. The number of hydrogen-bond acceptors (Lipinski definition) is 6. The summed E-state index contributed by atoms with van der Waals surface area (Å²) in [5, 5.41) is 7.79. The van der Waals surface area contributed by atoms with Crippen molar-refractivity contribution < 1.29 is 18.9 Å². The van der Waals surface area contributed by atoms with Crippen LogP contribution in [0.2, 0.25) is 0 Å². The summed E-state index contributed by atoms with van der Waals surface area (Å²) in [7, 11) is 1.61. The molecule has 0 heterocycles. The minimum atomic E-state index is 0.395. The Balaban J connectivity index is 1.39. The highest BCUT2D eigenvalue weighted by Crippen LogP contribution is 2.33. The van der Waals surface area contributed by atoms with Crippen molar-refractivity contribution in [1.29, 1.82) is 0 Å². The number of nitrogens with zero attached hydrogens (tertiary/aromatic N) is 1. The minimum absolute atomic E-state index is 0.395. The van der Waals surface area contributed by atoms with Gasteiger partial charge < -0.3 is 24.3 Å². The van der Waals surface area contributed by atoms with Crippen LogP contribution in [0.5, 0.6) is 17.2 Å². The summed E-state index contributed by atoms with van der Waals surface area (Å²) in [6, 6.07) is 19.9. The lowest BCUT2D eigenvalue weighted by Gasteiger charge is -2.14. The lowest BCUT2D eigenvalue weighted by molar-refractivity contribution is 0.0755. The van der Waals surface area contributed by atoms with Crippen molar-refractivity contribution in [2.24, 2.45) is 5.10 Å². The number of rotatable bonds is 13. The molecule has 0 saturated carbocycles. The Hall–Kier alpha value is -2.89. The molecule has 3 aromatic carbocycles. The largest absolute Gasteiger partial charge is 0.493 e. The minimum Gasteiger partial charge on any atom is -0.493 e. The van der Waals surface area contributed by atoms with Crippen LogP contribution in [-0.4, -0.2) is 44.9 Å². The summed E-state index contributed by atoms with van der Waals surface area (Å²) < 4.78 is 23.8. The summed E-state index contributed by atoms with van der Waals surface area (Å²) in [4.78, 5) is 0. The van der Waals surface area contributed by atoms with Gasteiger partial charge in [-0.2, -0.15) is 5.10 Å². The third-order valence-corrected chi connectivity index (χ3v) is 6.41. The van der Waals surface area contributed by atoms with Gasteiger partial charge in [0, 0.05) is 6.54 Å². The predicted octanol–water partition coefficient (Wildman–Crippen LogP) is 5.39. The van der Waals surface area contributed by atoms with E-state index in [2.05, 4.69) is 58.3 Å². The summed E-state index contributed by atoms with van der Waals surface area (Å²) in [6.07, 6.45) is 1.68. The summed E-state index contributed by atoms with van der Waals surface area (Å²) in [6.45, 7) is 6.58. The molecule has 0 radical (unpaired) electrons. The molecule has 0 aliphatic carbocycles. The van der Waals surface area contributed by atoms with E-state index in [1.54, 1.807) is 13.3 Å². The molecule has 0 atom stereocenters. The van der Waals surface area contributed by atoms with Crippen LogP contribution in [0.3, 0.4) is 0 Å². The number of hydrazone groups is 1. The van der Waals surface area contributed by atoms with E-state index < -0.39 is 0 Å². The Morgan fingerprint density at radius 3 is 2.43 bits per heavy atom. The van der Waals surface area contributed by atoms with Gasteiger partial charge in [-0.1, -0.05) is 36.4 Å². The number of hydrogen-bond donors (Lipinski definition) is 2. The molecule has 0 amide bonds. The van der Waals surface area contributed by atoms with Crippen LogP contribution in [0.4, 0.5) is 0 Å². The second-order valence-electron chi connectivity index (χ2n) is 8.13. The average Bonchev–Trinajstić information content (AvgIpc) is 2.90. The number of halogens is 1. The van der Waals surface area contributed by atoms with Gasteiger partial charge in [0.25, 0.3) is 0 Å². The van der Waals surface area contributed by atoms with E-state index in [4.69, 9.17) is 31.2 Å². The van der Waals surface area contributed by atoms with Gasteiger partial charge in [0.05, 0.1) is 30.1 Å². The molecule has 0 bridgehead atoms. The number of aryl methyl sites for hydroxylation is 2. The fraction of sp³-hybridized carbons (Fsp3) is 0.286. The molecule has 0 aliphatic rings. The lowest BCUT2D eigenvalue weighted by atomic mass is 10.1. The quantitative estimate of drug-likeness (QED) is 0.0861. The maximum absolute atomic E-state index is 5.94. The predicted molar refractivity (Wildman–Crippen MR) is 160 cm³/mol. The van der Waals surface area contributed by atoms with Gasteiger partial charge in [-0.25, -0.2) is 0 Å². The zero-order chi connectivity index (χ0) is 26.5. The molecule has 0 unspecified atom stereocenters. The van der Waals surface area contributed by atoms with E-state index in [0.29, 0.717) is 49.6 Å². The summed E-state index contributed by atoms with van der Waals surface area (Å²) >= 11 is 7.50. The van der Waals surface area contributed by atoms with E-state index in [9.17, 15) is 0 Å². The van der Waals surface area contributed by atoms with E-state index >= 15 is 0 Å². The monoisotopic (exact) mass is 633 g/mol. The molecule has 3 aromatic rings. The highest BCUT2D eigenvalue weighted by Gasteiger charge is 2.11. The number of ether oxygens (including phenoxy) is 4. The van der Waals surface area contributed by atoms with Crippen LogP contribution in [0.15, 0.2) is 65.8 Å². The van der Waals surface area contributed by atoms with Crippen LogP contribution >= 0.6 is 34.8 Å². The van der Waals surface area contributed by atoms with Crippen molar-refractivity contribution in [3.63, 3.8) is 0 Å². The molecular weight excluding hydrogens is 601 g/mol. The Bertz CT molecular complexity index is 1190. The first-order chi connectivity index (χ1) is 18.0. The highest BCUT2D eigenvalue weighted by atomic mass is 127. The average molecular weight is 634 g/mol. The normalized spacial score (nSPS) is 10.8. The number of benzene rings is 3. The molecule has 0 aliphatic heterocycles. The van der Waals surface area contributed by atoms with Crippen LogP contribution < -0.4 is 25.0 Å². The fourth-order valence-electron chi connectivity index (χ4n) is 3.26. The van der Waals surface area contributed by atoms with Crippen molar-refractivity contribution in [3.05, 3.63) is 86.5 Å². The van der Waals surface area contributed by atoms with Crippen LogP contribution in [0.1, 0.15) is 22.3 Å². The molecule has 3 rings (SSSR count). The Morgan fingerprint density at radius 2 is 1.70 bits per heavy atom. The van der Waals surface area contributed by atoms with E-state index in [1.807, 2.05) is 54.6 Å². The van der Waals surface area contributed by atoms with E-state index in [0.717, 1.165) is 20.4 Å². The smallest absolute Gasteiger partial charge is 0.187 e. The first-order valence-corrected chi connectivity index (χ1v) is 13.3. The van der Waals surface area contributed by atoms with Gasteiger partial charge in [0.2, 0.25) is 0 Å². The maximum Gasteiger partial charge on any atom is 0.187 e. The highest BCUT2D eigenvalue weighted by molar-refractivity contribution is 14.1. The van der Waals surface area contributed by atoms with Crippen LogP contribution in [0, 0.1) is 17.4 Å². The van der Waals surface area contributed by atoms with Crippen molar-refractivity contribution in [2.45, 2.75) is 20.4 Å².